The fourth-order valence-corrected chi connectivity index (χ4v) is 16.0. The van der Waals surface area contributed by atoms with Crippen molar-refractivity contribution in [2.24, 2.45) is 0 Å². The Morgan fingerprint density at radius 2 is 0.771 bits per heavy atom. The zero-order chi connectivity index (χ0) is 93.9. The van der Waals surface area contributed by atoms with E-state index >= 15 is 0 Å². The van der Waals surface area contributed by atoms with E-state index in [4.69, 9.17) is 55.1 Å². The van der Waals surface area contributed by atoms with Crippen LogP contribution in [0.1, 0.15) is 107 Å². The third kappa shape index (κ3) is 19.2. The fourth-order valence-electron chi connectivity index (χ4n) is 16.0. The fraction of sp³-hybridized carbons (Fsp3) is 0.482. The Labute approximate surface area is 746 Å². The molecule has 19 atom stereocenters. The second-order valence-electron chi connectivity index (χ2n) is 32.9. The second kappa shape index (κ2) is 39.1. The number of ether oxygens (including phenoxy) is 8. The zero-order valence-corrected chi connectivity index (χ0v) is 73.0. The summed E-state index contributed by atoms with van der Waals surface area (Å²) in [5.74, 6) is 2.71. The highest BCUT2D eigenvalue weighted by molar-refractivity contribution is 5.86. The van der Waals surface area contributed by atoms with Crippen LogP contribution in [0.3, 0.4) is 0 Å². The lowest BCUT2D eigenvalue weighted by atomic mass is 9.96. The summed E-state index contributed by atoms with van der Waals surface area (Å²) < 4.78 is 51.8. The summed E-state index contributed by atoms with van der Waals surface area (Å²) >= 11 is 0. The number of nitrogens with two attached hydrogens (primary N) is 3. The van der Waals surface area contributed by atoms with E-state index in [2.05, 4.69) is 90.7 Å². The summed E-state index contributed by atoms with van der Waals surface area (Å²) in [4.78, 5) is 63.9. The molecule has 0 spiro atoms. The predicted octanol–water partition coefficient (Wildman–Crippen LogP) is -0.173. The molecule has 5 saturated heterocycles. The molecular weight excluding hydrogens is 1710 g/mol. The van der Waals surface area contributed by atoms with E-state index in [1.807, 2.05) is 98.8 Å². The van der Waals surface area contributed by atoms with Crippen molar-refractivity contribution in [1.29, 1.82) is 0 Å². The minimum atomic E-state index is -1.66. The number of rotatable bonds is 24. The highest BCUT2D eigenvalue weighted by atomic mass is 16.6. The van der Waals surface area contributed by atoms with Gasteiger partial charge in [-0.15, -0.1) is 0 Å². The number of nitrogen functional groups attached to an aromatic ring is 3. The molecule has 23 N–H and O–H groups in total. The first-order chi connectivity index (χ1) is 62.5. The number of aliphatic hydroxyl groups excluding tert-OH is 9. The number of anilines is 6. The number of hydrogen-bond acceptors (Lipinski definition) is 43. The van der Waals surface area contributed by atoms with Crippen LogP contribution < -0.4 is 47.4 Å². The summed E-state index contributed by atoms with van der Waals surface area (Å²) in [6, 6.07) is 27.9. The van der Waals surface area contributed by atoms with Crippen LogP contribution >= 0.6 is 0 Å². The third-order valence-electron chi connectivity index (χ3n) is 23.0. The molecule has 0 radical (unpaired) electrons. The molecule has 15 heterocycles. The molecule has 10 aromatic heterocycles. The Morgan fingerprint density at radius 3 is 1.18 bits per heavy atom. The number of aromatic nitrogens is 20. The summed E-state index contributed by atoms with van der Waals surface area (Å²) in [5.41, 5.74) is 18.3. The van der Waals surface area contributed by atoms with E-state index in [1.54, 1.807) is 18.4 Å². The van der Waals surface area contributed by atoms with Crippen LogP contribution in [0, 0.1) is 13.8 Å². The van der Waals surface area contributed by atoms with Crippen molar-refractivity contribution in [3.05, 3.63) is 145 Å². The minimum Gasteiger partial charge on any atom is -0.479 e. The van der Waals surface area contributed by atoms with Gasteiger partial charge in [0.15, 0.2) is 98.6 Å². The monoisotopic (exact) mass is 1820 g/mol. The van der Waals surface area contributed by atoms with Crippen LogP contribution in [0.15, 0.2) is 117 Å². The molecule has 48 nitrogen and oxygen atoms in total. The van der Waals surface area contributed by atoms with Crippen molar-refractivity contribution < 1.29 is 109 Å². The highest BCUT2D eigenvalue weighted by Gasteiger charge is 2.57. The molecular formula is C83H108N26O22. The Bertz CT molecular complexity index is 6070. The lowest BCUT2D eigenvalue weighted by molar-refractivity contribution is -0.0950. The van der Waals surface area contributed by atoms with Crippen LogP contribution in [0.4, 0.5) is 35.4 Å². The molecule has 4 unspecified atom stereocenters. The summed E-state index contributed by atoms with van der Waals surface area (Å²) in [6.07, 6.45) is -5.42. The molecule has 18 rings (SSSR count). The molecule has 3 aromatic carbocycles. The van der Waals surface area contributed by atoms with Crippen molar-refractivity contribution in [2.45, 2.75) is 195 Å². The number of hydrogen-bond donors (Lipinski definition) is 20. The van der Waals surface area contributed by atoms with E-state index in [0.717, 1.165) is 17.5 Å². The van der Waals surface area contributed by atoms with Gasteiger partial charge in [0.2, 0.25) is 41.4 Å². The van der Waals surface area contributed by atoms with Crippen molar-refractivity contribution in [3.63, 3.8) is 0 Å². The number of nitrogens with zero attached hydrogens (tertiary/aromatic N) is 20. The second-order valence-corrected chi connectivity index (χ2v) is 32.9. The van der Waals surface area contributed by atoms with E-state index in [1.165, 1.54) is 103 Å². The maximum Gasteiger partial charge on any atom is 0.246 e. The molecule has 5 aliphatic rings. The van der Waals surface area contributed by atoms with Gasteiger partial charge in [0.05, 0.1) is 91.6 Å². The Hall–Kier alpha value is -12.2. The summed E-state index contributed by atoms with van der Waals surface area (Å²) in [7, 11) is 2.95. The average Bonchev–Trinajstić information content (AvgIpc) is 1.76. The maximum atomic E-state index is 10.8. The van der Waals surface area contributed by atoms with Gasteiger partial charge >= 0.3 is 0 Å². The zero-order valence-electron chi connectivity index (χ0n) is 73.0. The molecule has 131 heavy (non-hydrogen) atoms. The number of imidazole rings is 5. The van der Waals surface area contributed by atoms with Crippen molar-refractivity contribution >= 4 is 91.2 Å². The van der Waals surface area contributed by atoms with Crippen molar-refractivity contribution in [3.8, 4) is 17.6 Å². The maximum absolute atomic E-state index is 10.8. The lowest BCUT2D eigenvalue weighted by Gasteiger charge is -2.27. The topological polar surface area (TPSA) is 689 Å². The van der Waals surface area contributed by atoms with Gasteiger partial charge in [0, 0.05) is 26.1 Å². The molecule has 0 saturated carbocycles. The largest absolute Gasteiger partial charge is 0.479 e. The van der Waals surface area contributed by atoms with E-state index in [-0.39, 0.29) is 36.2 Å². The van der Waals surface area contributed by atoms with Gasteiger partial charge in [0.25, 0.3) is 0 Å². The van der Waals surface area contributed by atoms with Crippen LogP contribution in [0.25, 0.3) is 55.8 Å². The van der Waals surface area contributed by atoms with Gasteiger partial charge in [-0.1, -0.05) is 90.5 Å². The first-order valence-electron chi connectivity index (χ1n) is 41.7. The number of benzene rings is 3. The van der Waals surface area contributed by atoms with Gasteiger partial charge in [-0.2, -0.15) is 44.9 Å². The van der Waals surface area contributed by atoms with E-state index in [0.29, 0.717) is 118 Å². The standard InChI is InChI=1S/C20H25N5O5.C19H24N6O4.C18H22N6O4.C14H20N4O5.C12H17N5O4/c1-11-4-6-12(7-5-11)8-21-19-23-16-14(17(24-19)29-3)22-10-25(16)18-20(2,28)15(27)13(9-26)30-18;1-19(28)14(27)12(9-26)29-17(19)25-10-22-13-15(23-18(20)24-16(13)25)21-8-7-11-5-3-2-4-6-11;1-18(27)13(26)11(8-25)28-16(18)24-9-21-12-14(22-17(19)23-15(12)24)20-7-10-5-3-2-4-6-10;1-4-22-12-9-11(16-7(2)17-12)18(6-15-9)13-14(3,21)10(20)8(5-19)23-13;1-12(19)3-6(4-18)21-10(12)17-5-14-7-8(17)15-11(13)16-9(7)20-2/h4-7,10,13,15,18,26-28H,8-9H2,1-3H3,(H,21,23,24);2-6,10,12,14,17,26-28H,7-9H2,1H3,(H3,20,21,23,24);2-6,9,11,13,16,25-27H,7-8H2,1H3,(H3,19,20,22,23);6,8,10,13,19-21H,4-5H2,1-3H3;5-6,10,18-19H,3-4H2,1-2H3,(H2,13,15,16)/t13-,15-,18-,20-;12-,14-,17?,19-;11-,13-,16?,18-;8-,10-,13?,14-;6-,10?,12+/m11110/s1. The average molecular weight is 1820 g/mol. The molecule has 5 aliphatic heterocycles. The van der Waals surface area contributed by atoms with Crippen LogP contribution in [-0.4, -0.2) is 312 Å². The summed E-state index contributed by atoms with van der Waals surface area (Å²) in [5, 5.41) is 151. The quantitative estimate of drug-likeness (QED) is 0.0373. The molecule has 48 heteroatoms. The highest BCUT2D eigenvalue weighted by Crippen LogP contribution is 2.46. The Morgan fingerprint density at radius 1 is 0.405 bits per heavy atom. The normalized spacial score (nSPS) is 27.9. The molecule has 0 aliphatic carbocycles. The van der Waals surface area contributed by atoms with E-state index < -0.39 is 141 Å². The van der Waals surface area contributed by atoms with Gasteiger partial charge in [-0.05, 0) is 78.5 Å². The van der Waals surface area contributed by atoms with Gasteiger partial charge in [-0.25, -0.2) is 29.9 Å². The van der Waals surface area contributed by atoms with Gasteiger partial charge in [-0.3, -0.25) is 22.8 Å². The predicted molar refractivity (Wildman–Crippen MR) is 467 cm³/mol. The van der Waals surface area contributed by atoms with Crippen molar-refractivity contribution in [2.75, 3.05) is 93.6 Å². The lowest BCUT2D eigenvalue weighted by Crippen LogP contribution is -2.44. The number of nitrogens with one attached hydrogen (secondary N) is 3. The molecule has 13 aromatic rings. The minimum absolute atomic E-state index is 0.0294. The van der Waals surface area contributed by atoms with Gasteiger partial charge < -0.3 is 143 Å². The number of fused-ring (bicyclic) bond motifs is 5. The van der Waals surface area contributed by atoms with Crippen LogP contribution in [0.2, 0.25) is 0 Å². The molecule has 5 fully saturated rings. The molecule has 0 amide bonds. The number of aliphatic hydroxyl groups is 14. The first kappa shape index (κ1) is 95.0. The number of methoxy groups -OCH3 is 2. The van der Waals surface area contributed by atoms with Crippen LogP contribution in [-0.2, 0) is 43.2 Å². The third-order valence-corrected chi connectivity index (χ3v) is 23.0. The molecule has 0 bridgehead atoms. The Balaban J connectivity index is 0.000000133. The number of aryl methyl sites for hydroxylation is 2. The van der Waals surface area contributed by atoms with Crippen molar-refractivity contribution in [1.82, 2.24) is 97.6 Å². The Kier molecular flexibility index (Phi) is 28.3. The smallest absolute Gasteiger partial charge is 0.246 e. The summed E-state index contributed by atoms with van der Waals surface area (Å²) in [6.45, 7) is 13.2. The van der Waals surface area contributed by atoms with E-state index in [9.17, 15) is 71.5 Å². The first-order valence-corrected chi connectivity index (χ1v) is 41.7. The molecule has 702 valence electrons. The SMILES string of the molecule is CCOc1nc(C)nc2c1ncn2C1O[C@H](CO)[C@@H](O)[C@@]1(C)O.COc1nc(N)nc2c1ncn2C1O[C@H](CO)C[C@@]1(C)O.COc1nc(NCc2ccc(C)cc2)nc2c1ncn2[C@@H]1O[C@H](CO)[C@@H](O)[C@@]1(C)O.C[C@]1(O)C(n2cnc3c(NCCc4ccccc4)nc(N)nc32)O[C@H](CO)[C@H]1O.C[C@]1(O)C(n2cnc3c(NCc4ccccc4)nc(N)nc32)O[C@H](CO)[C@H]1O. The van der Waals surface area contributed by atoms with Gasteiger partial charge in [0.1, 0.15) is 82.7 Å². The van der Waals surface area contributed by atoms with Crippen LogP contribution in [0.5, 0.6) is 17.6 Å².